The quantitative estimate of drug-likeness (QED) is 0.613. The van der Waals surface area contributed by atoms with Gasteiger partial charge in [-0.15, -0.1) is 0 Å². The second-order valence-corrected chi connectivity index (χ2v) is 5.96. The summed E-state index contributed by atoms with van der Waals surface area (Å²) in [5.41, 5.74) is 0.978. The van der Waals surface area contributed by atoms with Gasteiger partial charge < -0.3 is 14.8 Å². The summed E-state index contributed by atoms with van der Waals surface area (Å²) in [6.07, 6.45) is 3.37. The third-order valence-electron chi connectivity index (χ3n) is 4.99. The first-order valence-corrected chi connectivity index (χ1v) is 7.62. The summed E-state index contributed by atoms with van der Waals surface area (Å²) < 4.78 is 5.04. The number of amides is 1. The Morgan fingerprint density at radius 1 is 1.35 bits per heavy atom. The monoisotopic (exact) mass is 281 g/mol. The molecule has 0 aromatic heterocycles. The largest absolute Gasteiger partial charge is 0.450 e. The minimum absolute atomic E-state index is 0.212. The van der Waals surface area contributed by atoms with Crippen molar-refractivity contribution in [1.82, 2.24) is 9.80 Å². The number of carbonyl (C=O) groups is 1. The number of oxime groups is 1. The fourth-order valence-corrected chi connectivity index (χ4v) is 4.08. The first kappa shape index (κ1) is 13.7. The van der Waals surface area contributed by atoms with Crippen molar-refractivity contribution < 1.29 is 14.7 Å². The van der Waals surface area contributed by atoms with Crippen LogP contribution in [0.15, 0.2) is 5.16 Å². The molecule has 0 aromatic rings. The maximum Gasteiger partial charge on any atom is 0.409 e. The number of nitrogens with zero attached hydrogens (tertiary/aromatic N) is 3. The van der Waals surface area contributed by atoms with Crippen LogP contribution in [0.4, 0.5) is 4.79 Å². The van der Waals surface area contributed by atoms with E-state index in [0.29, 0.717) is 37.6 Å². The molecule has 2 saturated carbocycles. The topological polar surface area (TPSA) is 65.4 Å². The number of piperazine rings is 1. The fraction of sp³-hybridized carbons (Fsp3) is 0.857. The molecule has 6 heteroatoms. The Kier molecular flexibility index (Phi) is 3.83. The lowest BCUT2D eigenvalue weighted by molar-refractivity contribution is 0.0678. The van der Waals surface area contributed by atoms with Crippen LogP contribution in [-0.2, 0) is 4.74 Å². The highest BCUT2D eigenvalue weighted by atomic mass is 16.6. The summed E-state index contributed by atoms with van der Waals surface area (Å²) in [4.78, 5) is 15.8. The summed E-state index contributed by atoms with van der Waals surface area (Å²) in [6.45, 7) is 5.33. The molecule has 3 fully saturated rings. The van der Waals surface area contributed by atoms with Crippen LogP contribution in [0.25, 0.3) is 0 Å². The molecule has 1 aliphatic heterocycles. The van der Waals surface area contributed by atoms with Gasteiger partial charge in [-0.25, -0.2) is 4.79 Å². The van der Waals surface area contributed by atoms with Crippen LogP contribution in [0.2, 0.25) is 0 Å². The van der Waals surface area contributed by atoms with Crippen molar-refractivity contribution in [2.24, 2.45) is 17.0 Å². The summed E-state index contributed by atoms with van der Waals surface area (Å²) in [7, 11) is 0. The first-order chi connectivity index (χ1) is 9.74. The zero-order valence-corrected chi connectivity index (χ0v) is 12.0. The van der Waals surface area contributed by atoms with Crippen molar-refractivity contribution in [1.29, 1.82) is 0 Å². The van der Waals surface area contributed by atoms with Crippen molar-refractivity contribution in [3.05, 3.63) is 0 Å². The third-order valence-corrected chi connectivity index (χ3v) is 4.99. The molecule has 2 bridgehead atoms. The minimum atomic E-state index is -0.212. The first-order valence-electron chi connectivity index (χ1n) is 7.62. The van der Waals surface area contributed by atoms with Crippen LogP contribution in [0.1, 0.15) is 26.2 Å². The van der Waals surface area contributed by atoms with Gasteiger partial charge in [0.15, 0.2) is 0 Å². The van der Waals surface area contributed by atoms with Crippen LogP contribution in [0.5, 0.6) is 0 Å². The second kappa shape index (κ2) is 5.60. The van der Waals surface area contributed by atoms with E-state index < -0.39 is 0 Å². The number of ether oxygens (including phenoxy) is 1. The Labute approximate surface area is 119 Å². The van der Waals surface area contributed by atoms with Gasteiger partial charge >= 0.3 is 6.09 Å². The zero-order chi connectivity index (χ0) is 14.1. The van der Waals surface area contributed by atoms with Crippen molar-refractivity contribution in [2.45, 2.75) is 32.2 Å². The molecular formula is C14H23N3O3. The zero-order valence-electron chi connectivity index (χ0n) is 12.0. The molecule has 0 aromatic carbocycles. The van der Waals surface area contributed by atoms with Gasteiger partial charge in [-0.05, 0) is 32.1 Å². The standard InChI is InChI=1S/C14H23N3O3/c1-2-20-14(18)17-7-5-16(6-8-17)13-11-4-3-10(9-11)12(13)15-19/h10-11,13,19H,2-9H2,1H3. The van der Waals surface area contributed by atoms with Crippen LogP contribution in [0, 0.1) is 11.8 Å². The molecule has 112 valence electrons. The van der Waals surface area contributed by atoms with Gasteiger partial charge in [0.05, 0.1) is 18.4 Å². The normalized spacial score (nSPS) is 35.8. The Morgan fingerprint density at radius 3 is 2.75 bits per heavy atom. The van der Waals surface area contributed by atoms with Gasteiger partial charge in [0.2, 0.25) is 0 Å². The van der Waals surface area contributed by atoms with Crippen LogP contribution < -0.4 is 0 Å². The summed E-state index contributed by atoms with van der Waals surface area (Å²) in [6, 6.07) is 0.295. The predicted molar refractivity (Wildman–Crippen MR) is 74.0 cm³/mol. The van der Waals surface area contributed by atoms with Crippen LogP contribution >= 0.6 is 0 Å². The number of fused-ring (bicyclic) bond motifs is 2. The molecule has 1 amide bonds. The Hall–Kier alpha value is -1.30. The van der Waals surface area contributed by atoms with Crippen LogP contribution in [-0.4, -0.2) is 65.6 Å². The number of carbonyl (C=O) groups excluding carboxylic acids is 1. The highest BCUT2D eigenvalue weighted by molar-refractivity contribution is 5.94. The van der Waals surface area contributed by atoms with Gasteiger partial charge in [-0.2, -0.15) is 0 Å². The van der Waals surface area contributed by atoms with E-state index in [1.165, 1.54) is 19.3 Å². The number of hydrogen-bond donors (Lipinski definition) is 1. The molecule has 1 saturated heterocycles. The van der Waals surface area contributed by atoms with Gasteiger partial charge in [0.1, 0.15) is 0 Å². The molecule has 1 N–H and O–H groups in total. The molecule has 1 heterocycles. The Bertz CT molecular complexity index is 404. The van der Waals surface area contributed by atoms with E-state index in [4.69, 9.17) is 4.74 Å². The lowest BCUT2D eigenvalue weighted by Gasteiger charge is -2.40. The highest BCUT2D eigenvalue weighted by Gasteiger charge is 2.48. The molecule has 3 unspecified atom stereocenters. The Balaban J connectivity index is 1.60. The van der Waals surface area contributed by atoms with Gasteiger partial charge in [-0.1, -0.05) is 5.16 Å². The average molecular weight is 281 g/mol. The van der Waals surface area contributed by atoms with Crippen molar-refractivity contribution in [2.75, 3.05) is 32.8 Å². The summed E-state index contributed by atoms with van der Waals surface area (Å²) in [5.74, 6) is 1.12. The molecule has 3 atom stereocenters. The molecular weight excluding hydrogens is 258 g/mol. The van der Waals surface area contributed by atoms with Gasteiger partial charge in [0.25, 0.3) is 0 Å². The lowest BCUT2D eigenvalue weighted by Crippen LogP contribution is -2.55. The van der Waals surface area contributed by atoms with Gasteiger partial charge in [-0.3, -0.25) is 4.90 Å². The minimum Gasteiger partial charge on any atom is -0.450 e. The Morgan fingerprint density at radius 2 is 2.10 bits per heavy atom. The van der Waals surface area contributed by atoms with Crippen molar-refractivity contribution in [3.8, 4) is 0 Å². The van der Waals surface area contributed by atoms with E-state index in [1.807, 2.05) is 6.92 Å². The number of rotatable bonds is 2. The van der Waals surface area contributed by atoms with E-state index in [-0.39, 0.29) is 6.09 Å². The molecule has 6 nitrogen and oxygen atoms in total. The summed E-state index contributed by atoms with van der Waals surface area (Å²) in [5, 5.41) is 12.9. The van der Waals surface area contributed by atoms with Crippen LogP contribution in [0.3, 0.4) is 0 Å². The SMILES string of the molecule is CCOC(=O)N1CCN(C2C(=NO)C3CCC2C3)CC1. The molecule has 0 spiro atoms. The van der Waals surface area contributed by atoms with Crippen molar-refractivity contribution in [3.63, 3.8) is 0 Å². The van der Waals surface area contributed by atoms with Crippen molar-refractivity contribution >= 4 is 11.8 Å². The maximum atomic E-state index is 11.7. The third kappa shape index (κ3) is 2.26. The smallest absolute Gasteiger partial charge is 0.409 e. The molecule has 2 aliphatic carbocycles. The maximum absolute atomic E-state index is 11.7. The van der Waals surface area contributed by atoms with E-state index in [1.54, 1.807) is 4.90 Å². The highest BCUT2D eigenvalue weighted by Crippen LogP contribution is 2.45. The number of hydrogen-bond acceptors (Lipinski definition) is 5. The van der Waals surface area contributed by atoms with E-state index in [0.717, 1.165) is 18.8 Å². The fourth-order valence-electron chi connectivity index (χ4n) is 4.08. The molecule has 20 heavy (non-hydrogen) atoms. The predicted octanol–water partition coefficient (Wildman–Crippen LogP) is 1.39. The average Bonchev–Trinajstić information content (AvgIpc) is 3.08. The lowest BCUT2D eigenvalue weighted by atomic mass is 9.91. The van der Waals surface area contributed by atoms with E-state index in [2.05, 4.69) is 10.1 Å². The van der Waals surface area contributed by atoms with E-state index >= 15 is 0 Å². The summed E-state index contributed by atoms with van der Waals surface area (Å²) >= 11 is 0. The van der Waals surface area contributed by atoms with E-state index in [9.17, 15) is 10.0 Å². The molecule has 0 radical (unpaired) electrons. The molecule has 3 rings (SSSR count). The van der Waals surface area contributed by atoms with Gasteiger partial charge in [0, 0.05) is 32.1 Å². The second-order valence-electron chi connectivity index (χ2n) is 5.96. The molecule has 3 aliphatic rings.